The molecule has 0 saturated carbocycles. The zero-order valence-electron chi connectivity index (χ0n) is 12.6. The number of H-pyrrole nitrogens is 1. The van der Waals surface area contributed by atoms with Crippen LogP contribution in [0.25, 0.3) is 11.0 Å². The molecule has 0 aliphatic heterocycles. The maximum absolute atomic E-state index is 5.53. The second-order valence-corrected chi connectivity index (χ2v) is 7.07. The van der Waals surface area contributed by atoms with Crippen LogP contribution in [0.3, 0.4) is 0 Å². The van der Waals surface area contributed by atoms with E-state index in [9.17, 15) is 0 Å². The summed E-state index contributed by atoms with van der Waals surface area (Å²) >= 11 is 7.36. The molecule has 0 fully saturated rings. The number of nitrogens with one attached hydrogen (secondary N) is 1. The number of aromatic nitrogens is 2. The van der Waals surface area contributed by atoms with Crippen molar-refractivity contribution in [1.29, 1.82) is 0 Å². The molecule has 0 aliphatic rings. The Bertz CT molecular complexity index is 857. The van der Waals surface area contributed by atoms with Gasteiger partial charge in [0, 0.05) is 15.8 Å². The number of thiophene rings is 1. The number of methoxy groups -OCH3 is 1. The number of hydrogen-bond donors (Lipinski definition) is 1. The first-order chi connectivity index (χ1) is 10.0. The van der Waals surface area contributed by atoms with Crippen molar-refractivity contribution in [3.63, 3.8) is 0 Å². The Hall–Kier alpha value is -1.59. The highest BCUT2D eigenvalue weighted by Crippen LogP contribution is 2.32. The van der Waals surface area contributed by atoms with Crippen molar-refractivity contribution >= 4 is 34.6 Å². The number of fused-ring (bicyclic) bond motifs is 1. The third kappa shape index (κ3) is 2.40. The molecule has 5 heteroatoms. The predicted molar refractivity (Wildman–Crippen MR) is 91.3 cm³/mol. The van der Waals surface area contributed by atoms with E-state index in [0.717, 1.165) is 21.6 Å². The number of imidazole rings is 1. The molecule has 110 valence electrons. The first kappa shape index (κ1) is 14.4. The van der Waals surface area contributed by atoms with Crippen molar-refractivity contribution in [2.24, 2.45) is 0 Å². The molecule has 1 atom stereocenters. The number of nitrogens with zero attached hydrogens (tertiary/aromatic N) is 1. The van der Waals surface area contributed by atoms with Gasteiger partial charge in [-0.3, -0.25) is 0 Å². The smallest absolute Gasteiger partial charge is 0.178 e. The van der Waals surface area contributed by atoms with Crippen molar-refractivity contribution in [2.75, 3.05) is 7.11 Å². The highest BCUT2D eigenvalue weighted by Gasteiger charge is 2.17. The van der Waals surface area contributed by atoms with Gasteiger partial charge in [-0.15, -0.1) is 11.3 Å². The van der Waals surface area contributed by atoms with Gasteiger partial charge < -0.3 is 14.3 Å². The normalized spacial score (nSPS) is 12.8. The summed E-state index contributed by atoms with van der Waals surface area (Å²) in [6.07, 6.45) is 0. The molecular formula is C16H18N2OS2. The Balaban J connectivity index is 2.21. The average molecular weight is 318 g/mol. The van der Waals surface area contributed by atoms with Crippen molar-refractivity contribution in [3.05, 3.63) is 44.4 Å². The Morgan fingerprint density at radius 2 is 2.05 bits per heavy atom. The molecular weight excluding hydrogens is 300 g/mol. The summed E-state index contributed by atoms with van der Waals surface area (Å²) in [5.41, 5.74) is 3.45. The lowest BCUT2D eigenvalue weighted by Gasteiger charge is -2.15. The van der Waals surface area contributed by atoms with Crippen LogP contribution >= 0.6 is 23.6 Å². The molecule has 0 saturated heterocycles. The number of aromatic amines is 1. The summed E-state index contributed by atoms with van der Waals surface area (Å²) in [5, 5.41) is 0. The van der Waals surface area contributed by atoms with Crippen molar-refractivity contribution in [1.82, 2.24) is 9.55 Å². The van der Waals surface area contributed by atoms with E-state index in [1.165, 1.54) is 15.3 Å². The van der Waals surface area contributed by atoms with Crippen LogP contribution in [0.4, 0.5) is 0 Å². The molecule has 1 aromatic carbocycles. The Morgan fingerprint density at radius 3 is 2.67 bits per heavy atom. The monoisotopic (exact) mass is 318 g/mol. The number of ether oxygens (including phenoxy) is 1. The van der Waals surface area contributed by atoms with Gasteiger partial charge in [0.25, 0.3) is 0 Å². The van der Waals surface area contributed by atoms with Crippen molar-refractivity contribution in [3.8, 4) is 5.75 Å². The van der Waals surface area contributed by atoms with Crippen LogP contribution < -0.4 is 4.74 Å². The van der Waals surface area contributed by atoms with Gasteiger partial charge in [-0.05, 0) is 56.8 Å². The Labute approximate surface area is 133 Å². The van der Waals surface area contributed by atoms with E-state index in [1.807, 2.05) is 29.5 Å². The maximum Gasteiger partial charge on any atom is 0.178 e. The van der Waals surface area contributed by atoms with E-state index < -0.39 is 0 Å². The largest absolute Gasteiger partial charge is 0.497 e. The SMILES string of the molecule is COc1ccc2[nH]c(=S)n(C(C)c3cc(C)sc3C)c2c1. The molecule has 21 heavy (non-hydrogen) atoms. The van der Waals surface area contributed by atoms with Crippen molar-refractivity contribution in [2.45, 2.75) is 26.8 Å². The first-order valence-electron chi connectivity index (χ1n) is 6.86. The molecule has 2 heterocycles. The molecule has 0 bridgehead atoms. The minimum absolute atomic E-state index is 0.198. The standard InChI is InChI=1S/C16H18N2OS2/c1-9-7-13(11(3)21-9)10(2)18-15-8-12(19-4)5-6-14(15)17-16(18)20/h5-8,10H,1-4H3,(H,17,20). The highest BCUT2D eigenvalue weighted by molar-refractivity contribution is 7.71. The second-order valence-electron chi connectivity index (χ2n) is 5.23. The molecule has 2 aromatic heterocycles. The van der Waals surface area contributed by atoms with Gasteiger partial charge in [-0.25, -0.2) is 0 Å². The second kappa shape index (κ2) is 5.31. The third-order valence-corrected chi connectivity index (χ3v) is 5.12. The summed E-state index contributed by atoms with van der Waals surface area (Å²) in [6.45, 7) is 6.50. The van der Waals surface area contributed by atoms with Crippen LogP contribution in [-0.4, -0.2) is 16.7 Å². The van der Waals surface area contributed by atoms with E-state index in [0.29, 0.717) is 0 Å². The van der Waals surface area contributed by atoms with Crippen LogP contribution in [0, 0.1) is 18.6 Å². The van der Waals surface area contributed by atoms with Crippen LogP contribution in [0.1, 0.15) is 28.3 Å². The van der Waals surface area contributed by atoms with Gasteiger partial charge in [-0.1, -0.05) is 0 Å². The molecule has 0 amide bonds. The van der Waals surface area contributed by atoms with Gasteiger partial charge in [0.2, 0.25) is 0 Å². The number of aryl methyl sites for hydroxylation is 2. The van der Waals surface area contributed by atoms with Gasteiger partial charge >= 0.3 is 0 Å². The molecule has 3 rings (SSSR count). The van der Waals surface area contributed by atoms with E-state index in [-0.39, 0.29) is 6.04 Å². The fourth-order valence-corrected chi connectivity index (χ4v) is 4.20. The minimum Gasteiger partial charge on any atom is -0.497 e. The molecule has 3 aromatic rings. The Kier molecular flexibility index (Phi) is 3.63. The highest BCUT2D eigenvalue weighted by atomic mass is 32.1. The summed E-state index contributed by atoms with van der Waals surface area (Å²) in [4.78, 5) is 5.96. The lowest BCUT2D eigenvalue weighted by atomic mass is 10.1. The quantitative estimate of drug-likeness (QED) is 0.689. The van der Waals surface area contributed by atoms with E-state index in [4.69, 9.17) is 17.0 Å². The number of rotatable bonds is 3. The molecule has 0 aliphatic carbocycles. The van der Waals surface area contributed by atoms with E-state index in [2.05, 4.69) is 36.4 Å². The van der Waals surface area contributed by atoms with Crippen LogP contribution in [0.15, 0.2) is 24.3 Å². The molecule has 1 N–H and O–H groups in total. The van der Waals surface area contributed by atoms with Gasteiger partial charge in [0.05, 0.1) is 24.2 Å². The zero-order valence-corrected chi connectivity index (χ0v) is 14.2. The number of benzene rings is 1. The van der Waals surface area contributed by atoms with Gasteiger partial charge in [0.15, 0.2) is 4.77 Å². The molecule has 1 unspecified atom stereocenters. The van der Waals surface area contributed by atoms with E-state index >= 15 is 0 Å². The average Bonchev–Trinajstić information content (AvgIpc) is 2.95. The van der Waals surface area contributed by atoms with Gasteiger partial charge in [0.1, 0.15) is 5.75 Å². The zero-order chi connectivity index (χ0) is 15.1. The summed E-state index contributed by atoms with van der Waals surface area (Å²) in [7, 11) is 1.68. The topological polar surface area (TPSA) is 29.9 Å². The molecule has 0 spiro atoms. The van der Waals surface area contributed by atoms with Crippen LogP contribution in [-0.2, 0) is 0 Å². The van der Waals surface area contributed by atoms with E-state index in [1.54, 1.807) is 7.11 Å². The Morgan fingerprint density at radius 1 is 1.29 bits per heavy atom. The minimum atomic E-state index is 0.198. The predicted octanol–water partition coefficient (Wildman–Crippen LogP) is 5.00. The lowest BCUT2D eigenvalue weighted by Crippen LogP contribution is -2.07. The summed E-state index contributed by atoms with van der Waals surface area (Å²) in [5.74, 6) is 0.843. The first-order valence-corrected chi connectivity index (χ1v) is 8.09. The lowest BCUT2D eigenvalue weighted by molar-refractivity contribution is 0.415. The van der Waals surface area contributed by atoms with Crippen molar-refractivity contribution < 1.29 is 4.74 Å². The fourth-order valence-electron chi connectivity index (χ4n) is 2.82. The molecule has 3 nitrogen and oxygen atoms in total. The maximum atomic E-state index is 5.53. The fraction of sp³-hybridized carbons (Fsp3) is 0.312. The van der Waals surface area contributed by atoms with Gasteiger partial charge in [-0.2, -0.15) is 0 Å². The molecule has 0 radical (unpaired) electrons. The van der Waals surface area contributed by atoms with Crippen LogP contribution in [0.5, 0.6) is 5.75 Å². The third-order valence-electron chi connectivity index (χ3n) is 3.84. The summed E-state index contributed by atoms with van der Waals surface area (Å²) < 4.78 is 8.25. The number of hydrogen-bond acceptors (Lipinski definition) is 3. The van der Waals surface area contributed by atoms with Crippen LogP contribution in [0.2, 0.25) is 0 Å². The summed E-state index contributed by atoms with van der Waals surface area (Å²) in [6, 6.07) is 8.45.